The normalized spacial score (nSPS) is 14.2. The Morgan fingerprint density at radius 3 is 1.45 bits per heavy atom. The number of rotatable bonds is 5. The van der Waals surface area contributed by atoms with E-state index in [2.05, 4.69) is 106 Å². The maximum atomic E-state index is 2.56. The highest BCUT2D eigenvalue weighted by Gasteiger charge is 2.44. The molecule has 0 radical (unpaired) electrons. The molecule has 2 heteroatoms. The number of allylic oxidation sites excluding steroid dienone is 2. The number of benzene rings is 2. The summed E-state index contributed by atoms with van der Waals surface area (Å²) < 4.78 is 0. The van der Waals surface area contributed by atoms with Crippen LogP contribution in [0.5, 0.6) is 0 Å². The number of hydrogen-bond acceptors (Lipinski definition) is 0. The lowest BCUT2D eigenvalue weighted by Gasteiger charge is -2.42. The molecule has 0 aliphatic carbocycles. The average molecular weight is 325 g/mol. The van der Waals surface area contributed by atoms with Crippen LogP contribution in [0.2, 0.25) is 31.4 Å². The molecule has 2 rings (SSSR count). The van der Waals surface area contributed by atoms with E-state index in [1.54, 1.807) is 10.4 Å². The fraction of sp³-hybridized carbons (Fsp3) is 0.300. The van der Waals surface area contributed by atoms with E-state index in [9.17, 15) is 0 Å². The average Bonchev–Trinajstić information content (AvgIpc) is 2.52. The van der Waals surface area contributed by atoms with Gasteiger partial charge in [0, 0.05) is 8.07 Å². The summed E-state index contributed by atoms with van der Waals surface area (Å²) >= 11 is 0. The minimum Gasteiger partial charge on any atom is -0.0919 e. The monoisotopic (exact) mass is 324 g/mol. The van der Waals surface area contributed by atoms with Crippen molar-refractivity contribution in [2.24, 2.45) is 0 Å². The van der Waals surface area contributed by atoms with Gasteiger partial charge in [0.25, 0.3) is 0 Å². The Morgan fingerprint density at radius 2 is 1.14 bits per heavy atom. The summed E-state index contributed by atoms with van der Waals surface area (Å²) in [6, 6.07) is 22.4. The third-order valence-electron chi connectivity index (χ3n) is 4.69. The van der Waals surface area contributed by atoms with E-state index in [1.165, 1.54) is 0 Å². The maximum Gasteiger partial charge on any atom is 0.119 e. The smallest absolute Gasteiger partial charge is 0.0919 e. The predicted octanol–water partition coefficient (Wildman–Crippen LogP) is 4.70. The van der Waals surface area contributed by atoms with Crippen molar-refractivity contribution >= 4 is 26.5 Å². The molecule has 1 atom stereocenters. The van der Waals surface area contributed by atoms with Crippen molar-refractivity contribution in [3.05, 3.63) is 72.8 Å². The fourth-order valence-electron chi connectivity index (χ4n) is 3.63. The van der Waals surface area contributed by atoms with Gasteiger partial charge < -0.3 is 0 Å². The third-order valence-corrected chi connectivity index (χ3v) is 15.6. The van der Waals surface area contributed by atoms with Gasteiger partial charge in [-0.25, -0.2) is 0 Å². The van der Waals surface area contributed by atoms with Crippen LogP contribution in [0.15, 0.2) is 72.8 Å². The molecule has 0 nitrogen and oxygen atoms in total. The Labute approximate surface area is 137 Å². The van der Waals surface area contributed by atoms with Crippen LogP contribution < -0.4 is 10.4 Å². The fourth-order valence-corrected chi connectivity index (χ4v) is 15.7. The zero-order valence-corrected chi connectivity index (χ0v) is 16.5. The van der Waals surface area contributed by atoms with E-state index in [-0.39, 0.29) is 0 Å². The quantitative estimate of drug-likeness (QED) is 0.552. The van der Waals surface area contributed by atoms with Crippen LogP contribution in [0, 0.1) is 0 Å². The molecule has 116 valence electrons. The summed E-state index contributed by atoms with van der Waals surface area (Å²) in [4.78, 5) is 0. The van der Waals surface area contributed by atoms with E-state index < -0.39 is 16.1 Å². The van der Waals surface area contributed by atoms with Gasteiger partial charge in [0.05, 0.1) is 0 Å². The number of hydrogen-bond donors (Lipinski definition) is 0. The Balaban J connectivity index is 2.70. The first kappa shape index (κ1) is 17.0. The summed E-state index contributed by atoms with van der Waals surface area (Å²) in [5, 5.41) is 3.79. The molecule has 22 heavy (non-hydrogen) atoms. The standard InChI is InChI=1S/C20H28Si2/c1-6-13-20(21(2,3)4)22(5,18-14-9-7-10-15-18)19-16-11-8-12-17-19/h6-17,20H,1-5H3/b13-6+/t20-/m0/s1. The second-order valence-corrected chi connectivity index (χ2v) is 17.4. The summed E-state index contributed by atoms with van der Waals surface area (Å²) in [6.07, 6.45) is 4.76. The van der Waals surface area contributed by atoms with Crippen LogP contribution in [-0.4, -0.2) is 16.1 Å². The minimum absolute atomic E-state index is 0.690. The van der Waals surface area contributed by atoms with Gasteiger partial charge in [-0.2, -0.15) is 0 Å². The minimum atomic E-state index is -1.81. The summed E-state index contributed by atoms with van der Waals surface area (Å²) in [6.45, 7) is 12.2. The molecule has 0 aromatic heterocycles. The van der Waals surface area contributed by atoms with Crippen molar-refractivity contribution in [2.75, 3.05) is 0 Å². The van der Waals surface area contributed by atoms with Crippen LogP contribution in [-0.2, 0) is 0 Å². The van der Waals surface area contributed by atoms with Gasteiger partial charge in [-0.1, -0.05) is 109 Å². The zero-order chi connectivity index (χ0) is 16.2. The third kappa shape index (κ3) is 3.33. The lowest BCUT2D eigenvalue weighted by molar-refractivity contribution is 1.32. The van der Waals surface area contributed by atoms with Gasteiger partial charge in [-0.05, 0) is 12.1 Å². The van der Waals surface area contributed by atoms with E-state index in [4.69, 9.17) is 0 Å². The van der Waals surface area contributed by atoms with E-state index in [0.29, 0.717) is 5.16 Å². The molecule has 0 spiro atoms. The van der Waals surface area contributed by atoms with Gasteiger partial charge in [0.15, 0.2) is 0 Å². The highest BCUT2D eigenvalue weighted by atomic mass is 28.4. The molecule has 0 saturated heterocycles. The van der Waals surface area contributed by atoms with Crippen molar-refractivity contribution in [1.29, 1.82) is 0 Å². The molecular formula is C20H28Si2. The van der Waals surface area contributed by atoms with Crippen LogP contribution in [0.3, 0.4) is 0 Å². The van der Waals surface area contributed by atoms with Gasteiger partial charge in [-0.3, -0.25) is 0 Å². The van der Waals surface area contributed by atoms with Crippen molar-refractivity contribution in [1.82, 2.24) is 0 Å². The van der Waals surface area contributed by atoms with Gasteiger partial charge in [0.2, 0.25) is 0 Å². The molecule has 0 heterocycles. The van der Waals surface area contributed by atoms with Crippen LogP contribution >= 0.6 is 0 Å². The van der Waals surface area contributed by atoms with Gasteiger partial charge in [0.1, 0.15) is 8.07 Å². The van der Waals surface area contributed by atoms with Crippen LogP contribution in [0.1, 0.15) is 6.92 Å². The van der Waals surface area contributed by atoms with E-state index in [1.807, 2.05) is 0 Å². The first-order valence-electron chi connectivity index (χ1n) is 8.14. The van der Waals surface area contributed by atoms with E-state index in [0.717, 1.165) is 0 Å². The van der Waals surface area contributed by atoms with E-state index >= 15 is 0 Å². The second-order valence-electron chi connectivity index (χ2n) is 7.30. The first-order chi connectivity index (χ1) is 10.4. The Bertz CT molecular complexity index is 570. The topological polar surface area (TPSA) is 0 Å². The summed E-state index contributed by atoms with van der Waals surface area (Å²) in [7, 11) is -3.15. The van der Waals surface area contributed by atoms with Crippen molar-refractivity contribution in [2.45, 2.75) is 38.3 Å². The molecule has 2 aromatic rings. The Morgan fingerprint density at radius 1 is 0.727 bits per heavy atom. The SMILES string of the molecule is C/C=C/[C@@H]([Si](C)(C)C)[Si](C)(c1ccccc1)c1ccccc1. The highest BCUT2D eigenvalue weighted by Crippen LogP contribution is 2.33. The lowest BCUT2D eigenvalue weighted by Crippen LogP contribution is -2.63. The predicted molar refractivity (Wildman–Crippen MR) is 106 cm³/mol. The highest BCUT2D eigenvalue weighted by molar-refractivity contribution is 7.11. The molecule has 0 amide bonds. The molecule has 0 fully saturated rings. The molecule has 0 aliphatic rings. The van der Waals surface area contributed by atoms with Crippen molar-refractivity contribution in [3.8, 4) is 0 Å². The molecule has 0 bridgehead atoms. The Hall–Kier alpha value is -1.39. The molecular weight excluding hydrogens is 296 g/mol. The van der Waals surface area contributed by atoms with Crippen molar-refractivity contribution in [3.63, 3.8) is 0 Å². The molecule has 0 unspecified atom stereocenters. The first-order valence-corrected chi connectivity index (χ1v) is 14.3. The van der Waals surface area contributed by atoms with Crippen LogP contribution in [0.25, 0.3) is 0 Å². The maximum absolute atomic E-state index is 2.56. The second kappa shape index (κ2) is 6.80. The largest absolute Gasteiger partial charge is 0.119 e. The summed E-state index contributed by atoms with van der Waals surface area (Å²) in [5.74, 6) is 0. The molecule has 0 aliphatic heterocycles. The van der Waals surface area contributed by atoms with Gasteiger partial charge >= 0.3 is 0 Å². The van der Waals surface area contributed by atoms with Crippen LogP contribution in [0.4, 0.5) is 0 Å². The Kier molecular flexibility index (Phi) is 5.25. The zero-order valence-electron chi connectivity index (χ0n) is 14.5. The lowest BCUT2D eigenvalue weighted by atomic mass is 10.4. The van der Waals surface area contributed by atoms with Crippen molar-refractivity contribution < 1.29 is 0 Å². The van der Waals surface area contributed by atoms with Gasteiger partial charge in [-0.15, -0.1) is 0 Å². The molecule has 2 aromatic carbocycles. The molecule has 0 N–H and O–H groups in total. The summed E-state index contributed by atoms with van der Waals surface area (Å²) in [5.41, 5.74) is 0. The molecule has 0 saturated carbocycles.